The number of hydrogen-bond acceptors (Lipinski definition) is 5. The Morgan fingerprint density at radius 1 is 1.17 bits per heavy atom. The van der Waals surface area contributed by atoms with Crippen molar-refractivity contribution in [3.63, 3.8) is 0 Å². The van der Waals surface area contributed by atoms with Crippen molar-refractivity contribution in [2.24, 2.45) is 0 Å². The first kappa shape index (κ1) is 20.6. The zero-order valence-electron chi connectivity index (χ0n) is 17.9. The van der Waals surface area contributed by atoms with E-state index >= 15 is 0 Å². The van der Waals surface area contributed by atoms with Gasteiger partial charge in [0, 0.05) is 37.9 Å². The number of aromatic nitrogens is 2. The molecule has 0 saturated carbocycles. The zero-order chi connectivity index (χ0) is 21.3. The van der Waals surface area contributed by atoms with Gasteiger partial charge in [0.25, 0.3) is 0 Å². The first-order chi connectivity index (χ1) is 14.5. The van der Waals surface area contributed by atoms with Crippen molar-refractivity contribution in [3.8, 4) is 5.69 Å². The molecule has 4 rings (SSSR count). The maximum Gasteiger partial charge on any atom is 0.237 e. The van der Waals surface area contributed by atoms with E-state index in [2.05, 4.69) is 0 Å². The van der Waals surface area contributed by atoms with Gasteiger partial charge in [0.2, 0.25) is 11.8 Å². The maximum atomic E-state index is 13.2. The smallest absolute Gasteiger partial charge is 0.237 e. The predicted molar refractivity (Wildman–Crippen MR) is 112 cm³/mol. The van der Waals surface area contributed by atoms with E-state index in [1.807, 2.05) is 58.7 Å². The molecule has 160 valence electrons. The lowest BCUT2D eigenvalue weighted by atomic mass is 10.0. The standard InChI is InChI=1S/C22H29N5O3/c1-16-22(17(2)27(23-16)18-7-5-4-6-8-18)19-15-30-12-11-26(19)21(29)14-25-10-9-24(3)20(28)13-25/h4-8,19H,9-15H2,1-3H3. The van der Waals surface area contributed by atoms with Crippen LogP contribution in [0.5, 0.6) is 0 Å². The highest BCUT2D eigenvalue weighted by molar-refractivity contribution is 5.82. The predicted octanol–water partition coefficient (Wildman–Crippen LogP) is 1.16. The van der Waals surface area contributed by atoms with Crippen molar-refractivity contribution in [3.05, 3.63) is 47.3 Å². The summed E-state index contributed by atoms with van der Waals surface area (Å²) >= 11 is 0. The van der Waals surface area contributed by atoms with Crippen molar-refractivity contribution in [1.29, 1.82) is 0 Å². The molecule has 8 heteroatoms. The van der Waals surface area contributed by atoms with Crippen molar-refractivity contribution in [2.45, 2.75) is 19.9 Å². The van der Waals surface area contributed by atoms with Gasteiger partial charge in [0.1, 0.15) is 0 Å². The van der Waals surface area contributed by atoms with Gasteiger partial charge in [-0.3, -0.25) is 14.5 Å². The molecular weight excluding hydrogens is 382 g/mol. The van der Waals surface area contributed by atoms with Crippen LogP contribution in [0.2, 0.25) is 0 Å². The first-order valence-corrected chi connectivity index (χ1v) is 10.4. The highest BCUT2D eigenvalue weighted by Crippen LogP contribution is 2.31. The highest BCUT2D eigenvalue weighted by atomic mass is 16.5. The van der Waals surface area contributed by atoms with E-state index in [4.69, 9.17) is 9.84 Å². The molecule has 1 aromatic heterocycles. The van der Waals surface area contributed by atoms with Crippen LogP contribution in [-0.2, 0) is 14.3 Å². The topological polar surface area (TPSA) is 70.9 Å². The molecule has 2 saturated heterocycles. The molecule has 2 amide bonds. The molecule has 2 aliphatic rings. The average molecular weight is 412 g/mol. The molecule has 0 spiro atoms. The first-order valence-electron chi connectivity index (χ1n) is 10.4. The number of amides is 2. The van der Waals surface area contributed by atoms with Crippen LogP contribution in [0.1, 0.15) is 23.0 Å². The molecule has 0 N–H and O–H groups in total. The molecule has 2 fully saturated rings. The summed E-state index contributed by atoms with van der Waals surface area (Å²) in [5.74, 6) is 0.0929. The fourth-order valence-corrected chi connectivity index (χ4v) is 4.32. The molecule has 2 aliphatic heterocycles. The van der Waals surface area contributed by atoms with Crippen molar-refractivity contribution >= 4 is 11.8 Å². The average Bonchev–Trinajstić information content (AvgIpc) is 3.05. The van der Waals surface area contributed by atoms with E-state index in [9.17, 15) is 9.59 Å². The number of benzene rings is 1. The molecule has 1 unspecified atom stereocenters. The number of para-hydroxylation sites is 1. The van der Waals surface area contributed by atoms with E-state index in [0.717, 1.165) is 22.6 Å². The molecule has 0 bridgehead atoms. The van der Waals surface area contributed by atoms with Crippen LogP contribution >= 0.6 is 0 Å². The van der Waals surface area contributed by atoms with Crippen molar-refractivity contribution < 1.29 is 14.3 Å². The molecule has 0 radical (unpaired) electrons. The molecule has 8 nitrogen and oxygen atoms in total. The summed E-state index contributed by atoms with van der Waals surface area (Å²) in [5, 5.41) is 4.75. The Hall–Kier alpha value is -2.71. The Morgan fingerprint density at radius 3 is 2.67 bits per heavy atom. The van der Waals surface area contributed by atoms with Gasteiger partial charge in [-0.15, -0.1) is 0 Å². The third-order valence-electron chi connectivity index (χ3n) is 6.03. The maximum absolute atomic E-state index is 13.2. The van der Waals surface area contributed by atoms with E-state index in [0.29, 0.717) is 39.4 Å². The van der Waals surface area contributed by atoms with Crippen LogP contribution in [0.4, 0.5) is 0 Å². The van der Waals surface area contributed by atoms with Gasteiger partial charge in [0.05, 0.1) is 43.7 Å². The number of ether oxygens (including phenoxy) is 1. The van der Waals surface area contributed by atoms with Gasteiger partial charge < -0.3 is 14.5 Å². The SMILES string of the molecule is Cc1nn(-c2ccccc2)c(C)c1C1COCCN1C(=O)CN1CCN(C)C(=O)C1. The van der Waals surface area contributed by atoms with Crippen molar-refractivity contribution in [2.75, 3.05) is 53.0 Å². The molecule has 3 heterocycles. The molecule has 2 aromatic rings. The summed E-state index contributed by atoms with van der Waals surface area (Å²) in [6.07, 6.45) is 0. The van der Waals surface area contributed by atoms with E-state index < -0.39 is 0 Å². The van der Waals surface area contributed by atoms with Gasteiger partial charge in [-0.05, 0) is 26.0 Å². The number of nitrogens with zero attached hydrogens (tertiary/aromatic N) is 5. The fraction of sp³-hybridized carbons (Fsp3) is 0.500. The Bertz CT molecular complexity index is 926. The monoisotopic (exact) mass is 411 g/mol. The number of carbonyl (C=O) groups excluding carboxylic acids is 2. The molecule has 30 heavy (non-hydrogen) atoms. The summed E-state index contributed by atoms with van der Waals surface area (Å²) in [4.78, 5) is 30.8. The van der Waals surface area contributed by atoms with Crippen molar-refractivity contribution in [1.82, 2.24) is 24.5 Å². The zero-order valence-corrected chi connectivity index (χ0v) is 17.9. The third kappa shape index (κ3) is 3.97. The second-order valence-electron chi connectivity index (χ2n) is 8.04. The number of carbonyl (C=O) groups is 2. The second-order valence-corrected chi connectivity index (χ2v) is 8.04. The normalized spacial score (nSPS) is 20.6. The van der Waals surface area contributed by atoms with E-state index in [1.165, 1.54) is 0 Å². The van der Waals surface area contributed by atoms with E-state index in [-0.39, 0.29) is 24.4 Å². The second kappa shape index (κ2) is 8.57. The molecule has 1 atom stereocenters. The van der Waals surface area contributed by atoms with Crippen LogP contribution in [0.15, 0.2) is 30.3 Å². The Labute approximate surface area is 177 Å². The minimum atomic E-state index is -0.174. The largest absolute Gasteiger partial charge is 0.377 e. The Kier molecular flexibility index (Phi) is 5.87. The minimum absolute atomic E-state index is 0.0342. The van der Waals surface area contributed by atoms with Crippen LogP contribution in [-0.4, -0.2) is 89.3 Å². The lowest BCUT2D eigenvalue weighted by Crippen LogP contribution is -2.53. The van der Waals surface area contributed by atoms with Crippen LogP contribution in [0.3, 0.4) is 0 Å². The van der Waals surface area contributed by atoms with Gasteiger partial charge in [-0.2, -0.15) is 5.10 Å². The van der Waals surface area contributed by atoms with Crippen LogP contribution < -0.4 is 0 Å². The summed E-state index contributed by atoms with van der Waals surface area (Å²) in [6, 6.07) is 9.83. The number of rotatable bonds is 4. The number of piperazine rings is 1. The Morgan fingerprint density at radius 2 is 1.93 bits per heavy atom. The number of aryl methyl sites for hydroxylation is 1. The van der Waals surface area contributed by atoms with Crippen LogP contribution in [0.25, 0.3) is 5.69 Å². The highest BCUT2D eigenvalue weighted by Gasteiger charge is 2.34. The molecule has 1 aromatic carbocycles. The fourth-order valence-electron chi connectivity index (χ4n) is 4.32. The number of morpholine rings is 1. The summed E-state index contributed by atoms with van der Waals surface area (Å²) in [6.45, 7) is 7.46. The molecule has 0 aliphatic carbocycles. The van der Waals surface area contributed by atoms with Gasteiger partial charge in [-0.1, -0.05) is 18.2 Å². The van der Waals surface area contributed by atoms with Gasteiger partial charge >= 0.3 is 0 Å². The quantitative estimate of drug-likeness (QED) is 0.755. The number of likely N-dealkylation sites (N-methyl/N-ethyl adjacent to an activating group) is 1. The summed E-state index contributed by atoms with van der Waals surface area (Å²) < 4.78 is 7.69. The Balaban J connectivity index is 1.56. The van der Waals surface area contributed by atoms with E-state index in [1.54, 1.807) is 11.9 Å². The number of hydrogen-bond donors (Lipinski definition) is 0. The van der Waals surface area contributed by atoms with Crippen LogP contribution in [0, 0.1) is 13.8 Å². The van der Waals surface area contributed by atoms with Gasteiger partial charge in [-0.25, -0.2) is 4.68 Å². The minimum Gasteiger partial charge on any atom is -0.377 e. The van der Waals surface area contributed by atoms with Gasteiger partial charge in [0.15, 0.2) is 0 Å². The summed E-state index contributed by atoms with van der Waals surface area (Å²) in [5.41, 5.74) is 3.96. The lowest BCUT2D eigenvalue weighted by Gasteiger charge is -2.38. The lowest BCUT2D eigenvalue weighted by molar-refractivity contribution is -0.144. The molecular formula is C22H29N5O3. The third-order valence-corrected chi connectivity index (χ3v) is 6.03. The summed E-state index contributed by atoms with van der Waals surface area (Å²) in [7, 11) is 1.80.